The lowest BCUT2D eigenvalue weighted by Gasteiger charge is -2.15. The van der Waals surface area contributed by atoms with Gasteiger partial charge >= 0.3 is 5.97 Å². The van der Waals surface area contributed by atoms with Gasteiger partial charge in [0.2, 0.25) is 5.95 Å². The van der Waals surface area contributed by atoms with Crippen LogP contribution in [-0.4, -0.2) is 27.1 Å². The van der Waals surface area contributed by atoms with Gasteiger partial charge in [0.05, 0.1) is 0 Å². The second-order valence-corrected chi connectivity index (χ2v) is 4.70. The molecule has 5 nitrogen and oxygen atoms in total. The van der Waals surface area contributed by atoms with E-state index in [4.69, 9.17) is 0 Å². The van der Waals surface area contributed by atoms with Gasteiger partial charge < -0.3 is 10.4 Å². The number of hydrogen-bond donors (Lipinski definition) is 2. The van der Waals surface area contributed by atoms with E-state index in [9.17, 15) is 9.90 Å². The van der Waals surface area contributed by atoms with Gasteiger partial charge in [-0.1, -0.05) is 30.3 Å². The number of aromatic nitrogens is 2. The van der Waals surface area contributed by atoms with Crippen LogP contribution in [0.5, 0.6) is 0 Å². The number of anilines is 1. The van der Waals surface area contributed by atoms with Gasteiger partial charge in [0.1, 0.15) is 6.04 Å². The molecule has 0 radical (unpaired) electrons. The fraction of sp³-hybridized carbons (Fsp3) is 0.267. The highest BCUT2D eigenvalue weighted by molar-refractivity contribution is 5.77. The third kappa shape index (κ3) is 3.78. The van der Waals surface area contributed by atoms with Crippen LogP contribution in [0.15, 0.2) is 36.4 Å². The van der Waals surface area contributed by atoms with Gasteiger partial charge in [0, 0.05) is 17.8 Å². The molecule has 0 fully saturated rings. The van der Waals surface area contributed by atoms with Crippen LogP contribution in [0.4, 0.5) is 5.95 Å². The van der Waals surface area contributed by atoms with Crippen molar-refractivity contribution in [3.05, 3.63) is 53.3 Å². The monoisotopic (exact) mass is 271 g/mol. The predicted molar refractivity (Wildman–Crippen MR) is 76.7 cm³/mol. The number of aryl methyl sites for hydroxylation is 2. The SMILES string of the molecule is Cc1cc(C)nc(NC(Cc2ccccc2)C(=O)O)n1. The van der Waals surface area contributed by atoms with Gasteiger partial charge in [-0.2, -0.15) is 0 Å². The van der Waals surface area contributed by atoms with Crippen molar-refractivity contribution in [2.75, 3.05) is 5.32 Å². The number of rotatable bonds is 5. The number of aliphatic carboxylic acids is 1. The summed E-state index contributed by atoms with van der Waals surface area (Å²) in [5.74, 6) is -0.567. The van der Waals surface area contributed by atoms with E-state index in [1.165, 1.54) is 0 Å². The molecule has 0 saturated heterocycles. The molecule has 1 aromatic carbocycles. The molecule has 0 aliphatic heterocycles. The summed E-state index contributed by atoms with van der Waals surface area (Å²) in [6, 6.07) is 10.6. The molecule has 20 heavy (non-hydrogen) atoms. The lowest BCUT2D eigenvalue weighted by Crippen LogP contribution is -2.32. The van der Waals surface area contributed by atoms with Gasteiger partial charge in [-0.15, -0.1) is 0 Å². The predicted octanol–water partition coefficient (Wildman–Crippen LogP) is 2.20. The molecular formula is C15H17N3O2. The number of carbonyl (C=O) groups is 1. The molecule has 0 bridgehead atoms. The lowest BCUT2D eigenvalue weighted by molar-refractivity contribution is -0.137. The molecule has 0 saturated carbocycles. The first-order valence-electron chi connectivity index (χ1n) is 6.40. The standard InChI is InChI=1S/C15H17N3O2/c1-10-8-11(2)17-15(16-10)18-13(14(19)20)9-12-6-4-3-5-7-12/h3-8,13H,9H2,1-2H3,(H,19,20)(H,16,17,18). The highest BCUT2D eigenvalue weighted by Gasteiger charge is 2.19. The Morgan fingerprint density at radius 3 is 2.35 bits per heavy atom. The fourth-order valence-electron chi connectivity index (χ4n) is 2.00. The number of benzene rings is 1. The van der Waals surface area contributed by atoms with Crippen LogP contribution >= 0.6 is 0 Å². The molecule has 0 aliphatic carbocycles. The van der Waals surface area contributed by atoms with Crippen molar-refractivity contribution >= 4 is 11.9 Å². The second kappa shape index (κ2) is 6.14. The van der Waals surface area contributed by atoms with Gasteiger partial charge in [0.25, 0.3) is 0 Å². The Bertz CT molecular complexity index is 579. The zero-order valence-corrected chi connectivity index (χ0v) is 11.5. The molecule has 0 amide bonds. The zero-order chi connectivity index (χ0) is 14.5. The normalized spacial score (nSPS) is 11.9. The number of nitrogens with zero attached hydrogens (tertiary/aromatic N) is 2. The summed E-state index contributed by atoms with van der Waals surface area (Å²) in [5, 5.41) is 12.2. The van der Waals surface area contributed by atoms with Crippen LogP contribution in [0.25, 0.3) is 0 Å². The summed E-state index contributed by atoms with van der Waals surface area (Å²) in [4.78, 5) is 19.8. The van der Waals surface area contributed by atoms with E-state index >= 15 is 0 Å². The Kier molecular flexibility index (Phi) is 4.30. The summed E-state index contributed by atoms with van der Waals surface area (Å²) in [6.07, 6.45) is 0.381. The van der Waals surface area contributed by atoms with E-state index in [0.29, 0.717) is 12.4 Å². The summed E-state index contributed by atoms with van der Waals surface area (Å²) in [6.45, 7) is 3.71. The van der Waals surface area contributed by atoms with Gasteiger partial charge in [-0.05, 0) is 25.5 Å². The van der Waals surface area contributed by atoms with Crippen molar-refractivity contribution in [2.45, 2.75) is 26.3 Å². The van der Waals surface area contributed by atoms with Crippen molar-refractivity contribution in [3.63, 3.8) is 0 Å². The average molecular weight is 271 g/mol. The van der Waals surface area contributed by atoms with Crippen molar-refractivity contribution in [1.82, 2.24) is 9.97 Å². The molecular weight excluding hydrogens is 254 g/mol. The Morgan fingerprint density at radius 1 is 1.20 bits per heavy atom. The Balaban J connectivity index is 2.15. The molecule has 2 aromatic rings. The minimum absolute atomic E-state index is 0.353. The average Bonchev–Trinajstić information content (AvgIpc) is 2.38. The first-order chi connectivity index (χ1) is 9.54. The van der Waals surface area contributed by atoms with Crippen LogP contribution in [0, 0.1) is 13.8 Å². The maximum absolute atomic E-state index is 11.4. The summed E-state index contributed by atoms with van der Waals surface area (Å²) in [7, 11) is 0. The van der Waals surface area contributed by atoms with Crippen molar-refractivity contribution in [1.29, 1.82) is 0 Å². The topological polar surface area (TPSA) is 75.1 Å². The molecule has 0 spiro atoms. The molecule has 5 heteroatoms. The molecule has 2 rings (SSSR count). The first kappa shape index (κ1) is 14.0. The quantitative estimate of drug-likeness (QED) is 0.872. The molecule has 1 atom stereocenters. The Morgan fingerprint density at radius 2 is 1.80 bits per heavy atom. The maximum Gasteiger partial charge on any atom is 0.326 e. The van der Waals surface area contributed by atoms with Crippen molar-refractivity contribution in [2.24, 2.45) is 0 Å². The lowest BCUT2D eigenvalue weighted by atomic mass is 10.1. The Hall–Kier alpha value is -2.43. The molecule has 1 unspecified atom stereocenters. The van der Waals surface area contributed by atoms with E-state index in [0.717, 1.165) is 17.0 Å². The maximum atomic E-state index is 11.4. The molecule has 104 valence electrons. The van der Waals surface area contributed by atoms with Crippen molar-refractivity contribution < 1.29 is 9.90 Å². The van der Waals surface area contributed by atoms with Crippen molar-refractivity contribution in [3.8, 4) is 0 Å². The molecule has 1 heterocycles. The summed E-state index contributed by atoms with van der Waals surface area (Å²) < 4.78 is 0. The van der Waals surface area contributed by atoms with E-state index < -0.39 is 12.0 Å². The summed E-state index contributed by atoms with van der Waals surface area (Å²) >= 11 is 0. The van der Waals surface area contributed by atoms with Gasteiger partial charge in [-0.25, -0.2) is 14.8 Å². The molecule has 0 aliphatic rings. The third-order valence-electron chi connectivity index (χ3n) is 2.87. The first-order valence-corrected chi connectivity index (χ1v) is 6.40. The van der Waals surface area contributed by atoms with Crippen LogP contribution in [-0.2, 0) is 11.2 Å². The van der Waals surface area contributed by atoms with E-state index in [1.54, 1.807) is 0 Å². The largest absolute Gasteiger partial charge is 0.480 e. The van der Waals surface area contributed by atoms with Crippen LogP contribution in [0.2, 0.25) is 0 Å². The fourth-order valence-corrected chi connectivity index (χ4v) is 2.00. The number of carboxylic acid groups (broad SMARTS) is 1. The number of nitrogens with one attached hydrogen (secondary N) is 1. The van der Waals surface area contributed by atoms with E-state index in [1.807, 2.05) is 50.2 Å². The van der Waals surface area contributed by atoms with E-state index in [2.05, 4.69) is 15.3 Å². The zero-order valence-electron chi connectivity index (χ0n) is 11.5. The highest BCUT2D eigenvalue weighted by Crippen LogP contribution is 2.09. The second-order valence-electron chi connectivity index (χ2n) is 4.70. The number of carboxylic acids is 1. The Labute approximate surface area is 117 Å². The smallest absolute Gasteiger partial charge is 0.326 e. The highest BCUT2D eigenvalue weighted by atomic mass is 16.4. The van der Waals surface area contributed by atoms with E-state index in [-0.39, 0.29) is 0 Å². The third-order valence-corrected chi connectivity index (χ3v) is 2.87. The number of hydrogen-bond acceptors (Lipinski definition) is 4. The van der Waals surface area contributed by atoms with Crippen LogP contribution < -0.4 is 5.32 Å². The minimum Gasteiger partial charge on any atom is -0.480 e. The van der Waals surface area contributed by atoms with Gasteiger partial charge in [0.15, 0.2) is 0 Å². The minimum atomic E-state index is -0.920. The molecule has 2 N–H and O–H groups in total. The van der Waals surface area contributed by atoms with Crippen LogP contribution in [0.3, 0.4) is 0 Å². The van der Waals surface area contributed by atoms with Gasteiger partial charge in [-0.3, -0.25) is 0 Å². The molecule has 1 aromatic heterocycles. The van der Waals surface area contributed by atoms with Crippen LogP contribution in [0.1, 0.15) is 17.0 Å². The summed E-state index contributed by atoms with van der Waals surface area (Å²) in [5.41, 5.74) is 2.57.